The highest BCUT2D eigenvalue weighted by Gasteiger charge is 2.12. The van der Waals surface area contributed by atoms with E-state index in [-0.39, 0.29) is 0 Å². The van der Waals surface area contributed by atoms with Crippen LogP contribution in [0.25, 0.3) is 6.08 Å². The highest BCUT2D eigenvalue weighted by molar-refractivity contribution is 7.95. The van der Waals surface area contributed by atoms with Gasteiger partial charge in [0.2, 0.25) is 0 Å². The van der Waals surface area contributed by atoms with Crippen LogP contribution in [0.2, 0.25) is 0 Å². The van der Waals surface area contributed by atoms with Crippen LogP contribution in [0.4, 0.5) is 11.4 Å². The number of anilines is 2. The standard InChI is InChI=1S/C18H20N2O2S/c21-23(22,15-12-16-6-2-1-3-7-16)19-17-8-10-18(11-9-17)20-13-4-5-14-20/h1-3,6-12,15,19H,4-5,13-14H2/b15-12+. The molecular weight excluding hydrogens is 308 g/mol. The molecule has 1 heterocycles. The molecule has 0 bridgehead atoms. The molecule has 23 heavy (non-hydrogen) atoms. The molecule has 1 fully saturated rings. The molecule has 120 valence electrons. The minimum atomic E-state index is -3.51. The SMILES string of the molecule is O=S(=O)(/C=C/c1ccccc1)Nc1ccc(N2CCCC2)cc1. The highest BCUT2D eigenvalue weighted by atomic mass is 32.2. The van der Waals surface area contributed by atoms with E-state index in [1.807, 2.05) is 54.6 Å². The number of sulfonamides is 1. The smallest absolute Gasteiger partial charge is 0.255 e. The minimum absolute atomic E-state index is 0.575. The first-order chi connectivity index (χ1) is 11.1. The van der Waals surface area contributed by atoms with Gasteiger partial charge in [-0.25, -0.2) is 8.42 Å². The molecule has 1 saturated heterocycles. The number of hydrogen-bond acceptors (Lipinski definition) is 3. The van der Waals surface area contributed by atoms with Crippen LogP contribution in [0.5, 0.6) is 0 Å². The van der Waals surface area contributed by atoms with Crippen LogP contribution in [0.3, 0.4) is 0 Å². The maximum Gasteiger partial charge on any atom is 0.255 e. The zero-order chi connectivity index (χ0) is 16.1. The van der Waals surface area contributed by atoms with Crippen LogP contribution in [0.15, 0.2) is 60.0 Å². The molecule has 3 rings (SSSR count). The Morgan fingerprint density at radius 2 is 1.57 bits per heavy atom. The van der Waals surface area contributed by atoms with Crippen molar-refractivity contribution in [3.63, 3.8) is 0 Å². The third-order valence-corrected chi connectivity index (χ3v) is 4.85. The molecule has 1 N–H and O–H groups in total. The third-order valence-electron chi connectivity index (χ3n) is 3.84. The Labute approximate surface area is 137 Å². The van der Waals surface area contributed by atoms with E-state index >= 15 is 0 Å². The molecule has 0 unspecified atom stereocenters. The summed E-state index contributed by atoms with van der Waals surface area (Å²) in [5.41, 5.74) is 2.57. The first-order valence-corrected chi connectivity index (χ1v) is 9.28. The Morgan fingerprint density at radius 1 is 0.913 bits per heavy atom. The van der Waals surface area contributed by atoms with Gasteiger partial charge < -0.3 is 4.90 Å². The molecule has 5 heteroatoms. The first kappa shape index (κ1) is 15.6. The van der Waals surface area contributed by atoms with E-state index in [4.69, 9.17) is 0 Å². The van der Waals surface area contributed by atoms with E-state index in [1.165, 1.54) is 18.2 Å². The molecule has 0 aromatic heterocycles. The second kappa shape index (κ2) is 6.87. The van der Waals surface area contributed by atoms with Crippen LogP contribution >= 0.6 is 0 Å². The summed E-state index contributed by atoms with van der Waals surface area (Å²) in [5.74, 6) is 0. The van der Waals surface area contributed by atoms with E-state index in [0.717, 1.165) is 24.3 Å². The summed E-state index contributed by atoms with van der Waals surface area (Å²) in [5, 5.41) is 1.19. The average Bonchev–Trinajstić information content (AvgIpc) is 3.09. The van der Waals surface area contributed by atoms with Gasteiger partial charge in [-0.1, -0.05) is 30.3 Å². The van der Waals surface area contributed by atoms with Crippen molar-refractivity contribution in [3.05, 3.63) is 65.6 Å². The maximum atomic E-state index is 12.1. The van der Waals surface area contributed by atoms with E-state index in [9.17, 15) is 8.42 Å². The van der Waals surface area contributed by atoms with Crippen LogP contribution in [-0.2, 0) is 10.0 Å². The first-order valence-electron chi connectivity index (χ1n) is 7.73. The highest BCUT2D eigenvalue weighted by Crippen LogP contribution is 2.22. The molecule has 0 radical (unpaired) electrons. The van der Waals surface area contributed by atoms with Crippen molar-refractivity contribution in [2.24, 2.45) is 0 Å². The lowest BCUT2D eigenvalue weighted by Gasteiger charge is -2.17. The second-order valence-electron chi connectivity index (χ2n) is 5.60. The molecule has 1 aliphatic heterocycles. The van der Waals surface area contributed by atoms with Crippen molar-refractivity contribution in [1.82, 2.24) is 0 Å². The van der Waals surface area contributed by atoms with Gasteiger partial charge in [0.25, 0.3) is 10.0 Å². The van der Waals surface area contributed by atoms with Gasteiger partial charge >= 0.3 is 0 Å². The predicted octanol–water partition coefficient (Wildman–Crippen LogP) is 3.70. The van der Waals surface area contributed by atoms with Crippen LogP contribution in [-0.4, -0.2) is 21.5 Å². The van der Waals surface area contributed by atoms with Crippen molar-refractivity contribution in [2.75, 3.05) is 22.7 Å². The molecule has 2 aromatic rings. The third kappa shape index (κ3) is 4.36. The molecule has 0 saturated carbocycles. The largest absolute Gasteiger partial charge is 0.372 e. The fourth-order valence-electron chi connectivity index (χ4n) is 2.65. The van der Waals surface area contributed by atoms with Gasteiger partial charge in [-0.05, 0) is 48.7 Å². The number of hydrogen-bond donors (Lipinski definition) is 1. The van der Waals surface area contributed by atoms with E-state index in [2.05, 4.69) is 9.62 Å². The van der Waals surface area contributed by atoms with E-state index in [1.54, 1.807) is 6.08 Å². The van der Waals surface area contributed by atoms with Crippen LogP contribution in [0.1, 0.15) is 18.4 Å². The summed E-state index contributed by atoms with van der Waals surface area (Å²) in [7, 11) is -3.51. The van der Waals surface area contributed by atoms with Crippen molar-refractivity contribution in [1.29, 1.82) is 0 Å². The second-order valence-corrected chi connectivity index (χ2v) is 7.17. The molecule has 4 nitrogen and oxygen atoms in total. The number of nitrogens with one attached hydrogen (secondary N) is 1. The van der Waals surface area contributed by atoms with Crippen molar-refractivity contribution in [3.8, 4) is 0 Å². The number of rotatable bonds is 5. The Kier molecular flexibility index (Phi) is 4.67. The molecular formula is C18H20N2O2S. The van der Waals surface area contributed by atoms with Gasteiger partial charge in [-0.2, -0.15) is 0 Å². The lowest BCUT2D eigenvalue weighted by atomic mass is 10.2. The topological polar surface area (TPSA) is 49.4 Å². The lowest BCUT2D eigenvalue weighted by molar-refractivity contribution is 0.609. The molecule has 1 aliphatic rings. The Bertz CT molecular complexity index is 762. The molecule has 2 aromatic carbocycles. The minimum Gasteiger partial charge on any atom is -0.372 e. The zero-order valence-corrected chi connectivity index (χ0v) is 13.7. The van der Waals surface area contributed by atoms with Gasteiger partial charge in [0.1, 0.15) is 0 Å². The van der Waals surface area contributed by atoms with E-state index < -0.39 is 10.0 Å². The summed E-state index contributed by atoms with van der Waals surface area (Å²) < 4.78 is 26.8. The van der Waals surface area contributed by atoms with Crippen molar-refractivity contribution < 1.29 is 8.42 Å². The van der Waals surface area contributed by atoms with Gasteiger partial charge in [-0.15, -0.1) is 0 Å². The van der Waals surface area contributed by atoms with Crippen molar-refractivity contribution >= 4 is 27.5 Å². The fourth-order valence-corrected chi connectivity index (χ4v) is 3.52. The zero-order valence-electron chi connectivity index (χ0n) is 12.9. The Balaban J connectivity index is 1.66. The summed E-state index contributed by atoms with van der Waals surface area (Å²) in [6.07, 6.45) is 4.03. The number of benzene rings is 2. The Morgan fingerprint density at radius 3 is 2.22 bits per heavy atom. The fraction of sp³-hybridized carbons (Fsp3) is 0.222. The quantitative estimate of drug-likeness (QED) is 0.910. The average molecular weight is 328 g/mol. The molecule has 0 atom stereocenters. The molecule has 0 amide bonds. The summed E-state index contributed by atoms with van der Waals surface area (Å²) in [6, 6.07) is 16.9. The monoisotopic (exact) mass is 328 g/mol. The van der Waals surface area contributed by atoms with Crippen LogP contribution in [0, 0.1) is 0 Å². The Hall–Kier alpha value is -2.27. The predicted molar refractivity (Wildman–Crippen MR) is 95.9 cm³/mol. The summed E-state index contributed by atoms with van der Waals surface area (Å²) >= 11 is 0. The molecule has 0 spiro atoms. The summed E-state index contributed by atoms with van der Waals surface area (Å²) in [6.45, 7) is 2.15. The summed E-state index contributed by atoms with van der Waals surface area (Å²) in [4.78, 5) is 2.31. The van der Waals surface area contributed by atoms with E-state index in [0.29, 0.717) is 5.69 Å². The maximum absolute atomic E-state index is 12.1. The van der Waals surface area contributed by atoms with Gasteiger partial charge in [-0.3, -0.25) is 4.72 Å². The molecule has 0 aliphatic carbocycles. The van der Waals surface area contributed by atoms with Gasteiger partial charge in [0.05, 0.1) is 5.41 Å². The van der Waals surface area contributed by atoms with Gasteiger partial charge in [0, 0.05) is 24.5 Å². The van der Waals surface area contributed by atoms with Gasteiger partial charge in [0.15, 0.2) is 0 Å². The van der Waals surface area contributed by atoms with Crippen LogP contribution < -0.4 is 9.62 Å². The van der Waals surface area contributed by atoms with Crippen molar-refractivity contribution in [2.45, 2.75) is 12.8 Å². The number of nitrogens with zero attached hydrogens (tertiary/aromatic N) is 1. The lowest BCUT2D eigenvalue weighted by Crippen LogP contribution is -2.17. The normalized spacial score (nSPS) is 15.2.